The smallest absolute Gasteiger partial charge is 0.228 e. The molecule has 1 fully saturated rings. The average molecular weight is 342 g/mol. The molecule has 2 aromatic rings. The molecule has 1 aliphatic rings. The van der Waals surface area contributed by atoms with E-state index in [0.29, 0.717) is 0 Å². The second kappa shape index (κ2) is 6.77. The Morgan fingerprint density at radius 2 is 1.96 bits per heavy atom. The van der Waals surface area contributed by atoms with Crippen molar-refractivity contribution in [1.82, 2.24) is 5.32 Å². The van der Waals surface area contributed by atoms with Crippen LogP contribution >= 0.6 is 11.3 Å². The number of thiophene rings is 1. The van der Waals surface area contributed by atoms with Crippen molar-refractivity contribution in [3.05, 3.63) is 52.2 Å². The zero-order valence-corrected chi connectivity index (χ0v) is 15.0. The van der Waals surface area contributed by atoms with Crippen molar-refractivity contribution >= 4 is 28.8 Å². The van der Waals surface area contributed by atoms with Crippen molar-refractivity contribution < 1.29 is 9.59 Å². The fraction of sp³-hybridized carbons (Fsp3) is 0.368. The number of nitrogens with zero attached hydrogens (tertiary/aromatic N) is 1. The molecule has 2 heterocycles. The van der Waals surface area contributed by atoms with Crippen LogP contribution in [0.25, 0.3) is 0 Å². The van der Waals surface area contributed by atoms with Crippen LogP contribution in [0.1, 0.15) is 36.8 Å². The van der Waals surface area contributed by atoms with Crippen LogP contribution in [0.15, 0.2) is 41.8 Å². The highest BCUT2D eigenvalue weighted by Crippen LogP contribution is 2.43. The maximum absolute atomic E-state index is 12.7. The standard InChI is InChI=1S/C19H22N2O2S/c1-12(2)20-19(23)15-11-17(22)21(14-8-6-13(3)7-9-14)18(15)16-5-4-10-24-16/h4-10,12,15,18H,11H2,1-3H3,(H,20,23)/t15-,18+/m0/s1. The molecule has 2 atom stereocenters. The second-order valence-corrected chi connectivity index (χ2v) is 7.51. The van der Waals surface area contributed by atoms with Crippen LogP contribution in [0.4, 0.5) is 5.69 Å². The van der Waals surface area contributed by atoms with Crippen LogP contribution in [0.3, 0.4) is 0 Å². The van der Waals surface area contributed by atoms with Gasteiger partial charge in [-0.05, 0) is 44.4 Å². The van der Waals surface area contributed by atoms with Crippen LogP contribution in [-0.4, -0.2) is 17.9 Å². The summed E-state index contributed by atoms with van der Waals surface area (Å²) in [4.78, 5) is 28.2. The molecule has 1 aromatic carbocycles. The fourth-order valence-corrected chi connectivity index (χ4v) is 4.04. The molecular formula is C19H22N2O2S. The Balaban J connectivity index is 1.99. The summed E-state index contributed by atoms with van der Waals surface area (Å²) in [5, 5.41) is 4.95. The van der Waals surface area contributed by atoms with Crippen molar-refractivity contribution in [2.75, 3.05) is 4.90 Å². The first-order valence-corrected chi connectivity index (χ1v) is 9.08. The van der Waals surface area contributed by atoms with Gasteiger partial charge in [0.2, 0.25) is 11.8 Å². The van der Waals surface area contributed by atoms with E-state index in [4.69, 9.17) is 0 Å². The van der Waals surface area contributed by atoms with E-state index in [0.717, 1.165) is 16.1 Å². The SMILES string of the molecule is Cc1ccc(N2C(=O)C[C@H](C(=O)NC(C)C)[C@@H]2c2cccs2)cc1. The predicted octanol–water partition coefficient (Wildman–Crippen LogP) is 3.68. The third-order valence-electron chi connectivity index (χ3n) is 4.24. The van der Waals surface area contributed by atoms with Gasteiger partial charge >= 0.3 is 0 Å². The highest BCUT2D eigenvalue weighted by molar-refractivity contribution is 7.10. The lowest BCUT2D eigenvalue weighted by atomic mass is 9.97. The average Bonchev–Trinajstić information content (AvgIpc) is 3.15. The lowest BCUT2D eigenvalue weighted by Crippen LogP contribution is -2.38. The van der Waals surface area contributed by atoms with Gasteiger partial charge in [0.1, 0.15) is 0 Å². The Labute approximate surface area is 146 Å². The van der Waals surface area contributed by atoms with Gasteiger partial charge in [0, 0.05) is 23.0 Å². The van der Waals surface area contributed by atoms with E-state index in [1.807, 2.05) is 62.5 Å². The van der Waals surface area contributed by atoms with Crippen LogP contribution in [0, 0.1) is 12.8 Å². The maximum Gasteiger partial charge on any atom is 0.228 e. The molecule has 1 aliphatic heterocycles. The molecular weight excluding hydrogens is 320 g/mol. The van der Waals surface area contributed by atoms with Gasteiger partial charge in [0.15, 0.2) is 0 Å². The minimum absolute atomic E-state index is 0.00107. The number of benzene rings is 1. The molecule has 0 bridgehead atoms. The fourth-order valence-electron chi connectivity index (χ4n) is 3.16. The number of amides is 2. The summed E-state index contributed by atoms with van der Waals surface area (Å²) in [6.07, 6.45) is 0.245. The Kier molecular flexibility index (Phi) is 4.71. The third kappa shape index (κ3) is 3.22. The van der Waals surface area contributed by atoms with E-state index < -0.39 is 0 Å². The number of hydrogen-bond acceptors (Lipinski definition) is 3. The topological polar surface area (TPSA) is 49.4 Å². The van der Waals surface area contributed by atoms with Crippen molar-refractivity contribution in [3.8, 4) is 0 Å². The molecule has 1 saturated heterocycles. The van der Waals surface area contributed by atoms with Gasteiger partial charge in [-0.3, -0.25) is 9.59 Å². The summed E-state index contributed by atoms with van der Waals surface area (Å²) in [5.41, 5.74) is 2.00. The monoisotopic (exact) mass is 342 g/mol. The number of carbonyl (C=O) groups is 2. The van der Waals surface area contributed by atoms with Gasteiger partial charge in [-0.2, -0.15) is 0 Å². The van der Waals surface area contributed by atoms with E-state index in [-0.39, 0.29) is 36.2 Å². The first-order valence-electron chi connectivity index (χ1n) is 8.20. The summed E-state index contributed by atoms with van der Waals surface area (Å²) < 4.78 is 0. The third-order valence-corrected chi connectivity index (χ3v) is 5.18. The van der Waals surface area contributed by atoms with Crippen molar-refractivity contribution in [1.29, 1.82) is 0 Å². The highest BCUT2D eigenvalue weighted by Gasteiger charge is 2.45. The summed E-state index contributed by atoms with van der Waals surface area (Å²) >= 11 is 1.59. The Bertz CT molecular complexity index is 722. The lowest BCUT2D eigenvalue weighted by Gasteiger charge is -2.27. The second-order valence-electron chi connectivity index (χ2n) is 6.53. The summed E-state index contributed by atoms with van der Waals surface area (Å²) in [6, 6.07) is 11.7. The largest absolute Gasteiger partial charge is 0.354 e. The Morgan fingerprint density at radius 1 is 1.25 bits per heavy atom. The van der Waals surface area contributed by atoms with E-state index in [1.165, 1.54) is 0 Å². The minimum Gasteiger partial charge on any atom is -0.354 e. The van der Waals surface area contributed by atoms with Gasteiger partial charge in [0.25, 0.3) is 0 Å². The molecule has 24 heavy (non-hydrogen) atoms. The van der Waals surface area contributed by atoms with Gasteiger partial charge in [-0.15, -0.1) is 11.3 Å². The van der Waals surface area contributed by atoms with Crippen LogP contribution in [0.5, 0.6) is 0 Å². The van der Waals surface area contributed by atoms with Crippen LogP contribution in [0.2, 0.25) is 0 Å². The van der Waals surface area contributed by atoms with E-state index in [1.54, 1.807) is 16.2 Å². The van der Waals surface area contributed by atoms with Gasteiger partial charge < -0.3 is 10.2 Å². The molecule has 0 radical (unpaired) electrons. The maximum atomic E-state index is 12.7. The number of hydrogen-bond donors (Lipinski definition) is 1. The van der Waals surface area contributed by atoms with E-state index in [2.05, 4.69) is 5.32 Å². The highest BCUT2D eigenvalue weighted by atomic mass is 32.1. The van der Waals surface area contributed by atoms with Gasteiger partial charge in [0.05, 0.1) is 12.0 Å². The number of anilines is 1. The van der Waals surface area contributed by atoms with E-state index >= 15 is 0 Å². The molecule has 5 heteroatoms. The molecule has 4 nitrogen and oxygen atoms in total. The lowest BCUT2D eigenvalue weighted by molar-refractivity contribution is -0.127. The van der Waals surface area contributed by atoms with Crippen molar-refractivity contribution in [3.63, 3.8) is 0 Å². The van der Waals surface area contributed by atoms with Gasteiger partial charge in [-0.1, -0.05) is 23.8 Å². The zero-order chi connectivity index (χ0) is 17.3. The van der Waals surface area contributed by atoms with Crippen LogP contribution < -0.4 is 10.2 Å². The Hall–Kier alpha value is -2.14. The van der Waals surface area contributed by atoms with Crippen molar-refractivity contribution in [2.45, 2.75) is 39.3 Å². The van der Waals surface area contributed by atoms with E-state index in [9.17, 15) is 9.59 Å². The first kappa shape index (κ1) is 16.7. The van der Waals surface area contributed by atoms with Crippen LogP contribution in [-0.2, 0) is 9.59 Å². The summed E-state index contributed by atoms with van der Waals surface area (Å²) in [6.45, 7) is 5.89. The van der Waals surface area contributed by atoms with Crippen molar-refractivity contribution in [2.24, 2.45) is 5.92 Å². The molecule has 1 N–H and O–H groups in total. The Morgan fingerprint density at radius 3 is 2.54 bits per heavy atom. The molecule has 126 valence electrons. The normalized spacial score (nSPS) is 20.7. The zero-order valence-electron chi connectivity index (χ0n) is 14.2. The number of carbonyl (C=O) groups excluding carboxylic acids is 2. The molecule has 0 spiro atoms. The molecule has 3 rings (SSSR count). The molecule has 0 saturated carbocycles. The summed E-state index contributed by atoms with van der Waals surface area (Å²) in [5.74, 6) is -0.410. The summed E-state index contributed by atoms with van der Waals surface area (Å²) in [7, 11) is 0. The van der Waals surface area contributed by atoms with Gasteiger partial charge in [-0.25, -0.2) is 0 Å². The number of rotatable bonds is 4. The molecule has 1 aromatic heterocycles. The molecule has 0 aliphatic carbocycles. The quantitative estimate of drug-likeness (QED) is 0.921. The number of aryl methyl sites for hydroxylation is 1. The first-order chi connectivity index (χ1) is 11.5. The predicted molar refractivity (Wildman–Crippen MR) is 97.1 cm³/mol. The minimum atomic E-state index is -0.361. The molecule has 2 amide bonds. The molecule has 0 unspecified atom stereocenters. The number of nitrogens with one attached hydrogen (secondary N) is 1.